The monoisotopic (exact) mass is 407 g/mol. The third-order valence-electron chi connectivity index (χ3n) is 3.80. The highest BCUT2D eigenvalue weighted by Gasteiger charge is 2.10. The van der Waals surface area contributed by atoms with Crippen LogP contribution >= 0.6 is 0 Å². The summed E-state index contributed by atoms with van der Waals surface area (Å²) < 4.78 is 0. The van der Waals surface area contributed by atoms with Gasteiger partial charge in [-0.3, -0.25) is 30.2 Å². The van der Waals surface area contributed by atoms with Gasteiger partial charge in [0.15, 0.2) is 0 Å². The van der Waals surface area contributed by atoms with Gasteiger partial charge >= 0.3 is 0 Å². The molecule has 2 aromatic carbocycles. The summed E-state index contributed by atoms with van der Waals surface area (Å²) in [5.74, 6) is -0.452. The van der Waals surface area contributed by atoms with Crippen LogP contribution in [0.15, 0.2) is 64.6 Å². The van der Waals surface area contributed by atoms with E-state index in [0.29, 0.717) is 11.4 Å². The molecule has 2 N–H and O–H groups in total. The number of nitrogens with zero attached hydrogens (tertiary/aromatic N) is 5. The van der Waals surface area contributed by atoms with Gasteiger partial charge in [-0.15, -0.1) is 0 Å². The van der Waals surface area contributed by atoms with Crippen molar-refractivity contribution in [2.45, 2.75) is 0 Å². The molecule has 0 saturated carbocycles. The molecular formula is C19H13N5O6. The molecule has 0 aliphatic carbocycles. The first-order valence-corrected chi connectivity index (χ1v) is 8.33. The lowest BCUT2D eigenvalue weighted by Crippen LogP contribution is -1.93. The first kappa shape index (κ1) is 20.1. The van der Waals surface area contributed by atoms with Crippen molar-refractivity contribution in [3.63, 3.8) is 0 Å². The zero-order valence-corrected chi connectivity index (χ0v) is 15.1. The number of aliphatic imine (C=N–C) groups is 2. The van der Waals surface area contributed by atoms with Gasteiger partial charge in [-0.05, 0) is 24.3 Å². The maximum absolute atomic E-state index is 10.8. The number of aromatic nitrogens is 1. The number of hydrogen-bond acceptors (Lipinski definition) is 9. The fourth-order valence-corrected chi connectivity index (χ4v) is 2.34. The molecule has 0 radical (unpaired) electrons. The molecule has 0 aliphatic rings. The maximum Gasteiger partial charge on any atom is 0.271 e. The van der Waals surface area contributed by atoms with Gasteiger partial charge in [0.2, 0.25) is 0 Å². The predicted molar refractivity (Wildman–Crippen MR) is 108 cm³/mol. The second-order valence-corrected chi connectivity index (χ2v) is 5.86. The molecule has 0 saturated heterocycles. The Kier molecular flexibility index (Phi) is 5.73. The minimum absolute atomic E-state index is 0.00610. The molecule has 0 spiro atoms. The van der Waals surface area contributed by atoms with Crippen molar-refractivity contribution < 1.29 is 20.1 Å². The van der Waals surface area contributed by atoms with Gasteiger partial charge in [0, 0.05) is 24.3 Å². The van der Waals surface area contributed by atoms with E-state index in [9.17, 15) is 30.4 Å². The molecule has 0 fully saturated rings. The summed E-state index contributed by atoms with van der Waals surface area (Å²) in [6.45, 7) is 0. The Balaban J connectivity index is 1.84. The Morgan fingerprint density at radius 2 is 1.20 bits per heavy atom. The normalized spacial score (nSPS) is 11.2. The molecule has 0 atom stereocenters. The molecule has 1 aromatic heterocycles. The number of benzene rings is 2. The number of pyridine rings is 1. The van der Waals surface area contributed by atoms with Crippen molar-refractivity contribution in [1.82, 2.24) is 4.98 Å². The van der Waals surface area contributed by atoms with E-state index in [-0.39, 0.29) is 34.2 Å². The fourth-order valence-electron chi connectivity index (χ4n) is 2.34. The number of phenolic OH excluding ortho intramolecular Hbond substituents is 2. The number of hydrogen-bond donors (Lipinski definition) is 2. The summed E-state index contributed by atoms with van der Waals surface area (Å²) in [4.78, 5) is 32.8. The van der Waals surface area contributed by atoms with E-state index in [1.165, 1.54) is 24.6 Å². The van der Waals surface area contributed by atoms with Crippen LogP contribution in [0.2, 0.25) is 0 Å². The van der Waals surface area contributed by atoms with Gasteiger partial charge < -0.3 is 10.2 Å². The second-order valence-electron chi connectivity index (χ2n) is 5.86. The number of non-ortho nitro benzene ring substituents is 2. The first-order valence-electron chi connectivity index (χ1n) is 8.33. The number of aromatic hydroxyl groups is 2. The lowest BCUT2D eigenvalue weighted by Gasteiger charge is -2.00. The minimum Gasteiger partial charge on any atom is -0.506 e. The molecule has 11 heteroatoms. The van der Waals surface area contributed by atoms with Crippen molar-refractivity contribution in [3.8, 4) is 11.5 Å². The fraction of sp³-hybridized carbons (Fsp3) is 0. The Morgan fingerprint density at radius 3 is 1.60 bits per heavy atom. The van der Waals surface area contributed by atoms with E-state index in [1.54, 1.807) is 18.2 Å². The van der Waals surface area contributed by atoms with Crippen molar-refractivity contribution in [1.29, 1.82) is 0 Å². The van der Waals surface area contributed by atoms with Crippen molar-refractivity contribution in [2.24, 2.45) is 9.98 Å². The van der Waals surface area contributed by atoms with Crippen LogP contribution in [0, 0.1) is 20.2 Å². The average Bonchev–Trinajstić information content (AvgIpc) is 2.72. The largest absolute Gasteiger partial charge is 0.506 e. The number of nitro benzene ring substituents is 2. The van der Waals surface area contributed by atoms with E-state index >= 15 is 0 Å². The zero-order chi connectivity index (χ0) is 21.7. The topological polar surface area (TPSA) is 164 Å². The summed E-state index contributed by atoms with van der Waals surface area (Å²) in [5.41, 5.74) is 0.315. The molecule has 3 rings (SSSR count). The highest BCUT2D eigenvalue weighted by molar-refractivity contribution is 5.85. The number of rotatable bonds is 6. The summed E-state index contributed by atoms with van der Waals surface area (Å²) in [6, 6.07) is 11.8. The molecule has 150 valence electrons. The Labute approximate surface area is 168 Å². The number of phenols is 2. The molecule has 0 bridgehead atoms. The third-order valence-corrected chi connectivity index (χ3v) is 3.80. The molecule has 0 unspecified atom stereocenters. The summed E-state index contributed by atoms with van der Waals surface area (Å²) >= 11 is 0. The Bertz CT molecular complexity index is 1100. The van der Waals surface area contributed by atoms with Crippen LogP contribution in [0.25, 0.3) is 0 Å². The van der Waals surface area contributed by atoms with Crippen molar-refractivity contribution in [3.05, 3.63) is 86.2 Å². The smallest absolute Gasteiger partial charge is 0.271 e. The van der Waals surface area contributed by atoms with Crippen LogP contribution in [-0.4, -0.2) is 37.5 Å². The first-order chi connectivity index (χ1) is 14.3. The maximum atomic E-state index is 10.8. The average molecular weight is 407 g/mol. The summed E-state index contributed by atoms with van der Waals surface area (Å²) in [5, 5.41) is 41.3. The van der Waals surface area contributed by atoms with Crippen LogP contribution in [0.4, 0.5) is 22.7 Å². The minimum atomic E-state index is -0.600. The van der Waals surface area contributed by atoms with Gasteiger partial charge in [-0.2, -0.15) is 0 Å². The summed E-state index contributed by atoms with van der Waals surface area (Å²) in [6.07, 6.45) is 2.61. The van der Waals surface area contributed by atoms with Crippen LogP contribution < -0.4 is 0 Å². The summed E-state index contributed by atoms with van der Waals surface area (Å²) in [7, 11) is 0. The molecule has 3 aromatic rings. The SMILES string of the molecule is O=[N+]([O-])c1ccc(O)c(N=Cc2cccc(C=Nc3cc([N+](=O)[O-])ccc3O)n2)c1. The van der Waals surface area contributed by atoms with E-state index in [1.807, 2.05) is 0 Å². The Hall–Kier alpha value is -4.67. The van der Waals surface area contributed by atoms with Gasteiger partial charge in [0.1, 0.15) is 22.9 Å². The van der Waals surface area contributed by atoms with Gasteiger partial charge in [0.25, 0.3) is 11.4 Å². The van der Waals surface area contributed by atoms with Crippen molar-refractivity contribution in [2.75, 3.05) is 0 Å². The second kappa shape index (κ2) is 8.56. The van der Waals surface area contributed by atoms with Gasteiger partial charge in [-0.1, -0.05) is 6.07 Å². The number of nitro groups is 2. The molecule has 11 nitrogen and oxygen atoms in total. The highest BCUT2D eigenvalue weighted by Crippen LogP contribution is 2.31. The standard InChI is InChI=1S/C19H13N5O6/c25-18-6-4-14(23(27)28)8-16(18)20-10-12-2-1-3-13(22-12)11-21-17-9-15(24(29)30)5-7-19(17)26/h1-11,25-26H. The zero-order valence-electron chi connectivity index (χ0n) is 15.1. The molecule has 0 amide bonds. The van der Waals surface area contributed by atoms with Crippen molar-refractivity contribution >= 4 is 35.2 Å². The van der Waals surface area contributed by atoms with Crippen LogP contribution in [0.3, 0.4) is 0 Å². The van der Waals surface area contributed by atoms with Crippen LogP contribution in [0.1, 0.15) is 11.4 Å². The predicted octanol–water partition coefficient (Wildman–Crippen LogP) is 3.81. The lowest BCUT2D eigenvalue weighted by atomic mass is 10.2. The van der Waals surface area contributed by atoms with Crippen LogP contribution in [0.5, 0.6) is 11.5 Å². The van der Waals surface area contributed by atoms with E-state index in [4.69, 9.17) is 0 Å². The van der Waals surface area contributed by atoms with Gasteiger partial charge in [-0.25, -0.2) is 4.98 Å². The molecule has 0 aliphatic heterocycles. The van der Waals surface area contributed by atoms with E-state index in [0.717, 1.165) is 24.3 Å². The van der Waals surface area contributed by atoms with Gasteiger partial charge in [0.05, 0.1) is 33.7 Å². The molecule has 1 heterocycles. The van der Waals surface area contributed by atoms with E-state index < -0.39 is 9.85 Å². The molecular weight excluding hydrogens is 394 g/mol. The quantitative estimate of drug-likeness (QED) is 0.356. The third kappa shape index (κ3) is 4.78. The van der Waals surface area contributed by atoms with E-state index in [2.05, 4.69) is 15.0 Å². The van der Waals surface area contributed by atoms with Crippen LogP contribution in [-0.2, 0) is 0 Å². The highest BCUT2D eigenvalue weighted by atomic mass is 16.6. The Morgan fingerprint density at radius 1 is 0.767 bits per heavy atom. The lowest BCUT2D eigenvalue weighted by molar-refractivity contribution is -0.385. The molecule has 30 heavy (non-hydrogen) atoms.